The van der Waals surface area contributed by atoms with E-state index >= 15 is 0 Å². The van der Waals surface area contributed by atoms with E-state index in [1.54, 1.807) is 7.11 Å². The average molecular weight is 219 g/mol. The van der Waals surface area contributed by atoms with Gasteiger partial charge in [-0.15, -0.1) is 0 Å². The van der Waals surface area contributed by atoms with Crippen molar-refractivity contribution in [3.63, 3.8) is 0 Å². The fourth-order valence-electron chi connectivity index (χ4n) is 2.07. The number of fused-ring (bicyclic) bond motifs is 1. The third-order valence-corrected chi connectivity index (χ3v) is 3.01. The first kappa shape index (κ1) is 11.0. The lowest BCUT2D eigenvalue weighted by Gasteiger charge is -2.15. The van der Waals surface area contributed by atoms with E-state index < -0.39 is 0 Å². The monoisotopic (exact) mass is 219 g/mol. The summed E-state index contributed by atoms with van der Waals surface area (Å²) in [5, 5.41) is 0. The van der Waals surface area contributed by atoms with E-state index in [4.69, 9.17) is 9.47 Å². The van der Waals surface area contributed by atoms with E-state index in [1.165, 1.54) is 0 Å². The summed E-state index contributed by atoms with van der Waals surface area (Å²) < 4.78 is 11.0. The van der Waals surface area contributed by atoms with E-state index in [0.29, 0.717) is 0 Å². The first-order valence-corrected chi connectivity index (χ1v) is 5.50. The normalized spacial score (nSPS) is 19.8. The van der Waals surface area contributed by atoms with E-state index in [1.807, 2.05) is 25.1 Å². The van der Waals surface area contributed by atoms with Crippen molar-refractivity contribution in [3.8, 4) is 11.5 Å². The molecule has 0 saturated carbocycles. The van der Waals surface area contributed by atoms with Crippen molar-refractivity contribution in [1.29, 1.82) is 0 Å². The zero-order chi connectivity index (χ0) is 11.5. The van der Waals surface area contributed by atoms with Gasteiger partial charge in [-0.3, -0.25) is 4.79 Å². The minimum atomic E-state index is -0.155. The standard InChI is InChI=1S/C13H15O3/c1-3-9(8-14)12-7-10-5-4-6-11(15-2)13(10)16-12/h4-6,9,12H,3,7H2,1-2H3. The molecule has 1 radical (unpaired) electrons. The number of para-hydroxylation sites is 1. The third-order valence-electron chi connectivity index (χ3n) is 3.01. The van der Waals surface area contributed by atoms with Gasteiger partial charge >= 0.3 is 0 Å². The van der Waals surface area contributed by atoms with E-state index in [-0.39, 0.29) is 12.0 Å². The number of carbonyl (C=O) groups excluding carboxylic acids is 1. The molecular weight excluding hydrogens is 204 g/mol. The molecule has 0 bridgehead atoms. The van der Waals surface area contributed by atoms with Crippen LogP contribution in [0.25, 0.3) is 0 Å². The Kier molecular flexibility index (Phi) is 3.13. The summed E-state index contributed by atoms with van der Waals surface area (Å²) in [5.74, 6) is 1.36. The molecule has 0 fully saturated rings. The molecule has 0 aliphatic carbocycles. The van der Waals surface area contributed by atoms with Gasteiger partial charge in [0.2, 0.25) is 6.29 Å². The summed E-state index contributed by atoms with van der Waals surface area (Å²) in [7, 11) is 1.62. The second kappa shape index (κ2) is 4.56. The van der Waals surface area contributed by atoms with Crippen molar-refractivity contribution in [2.75, 3.05) is 7.11 Å². The molecule has 85 valence electrons. The van der Waals surface area contributed by atoms with Crippen LogP contribution in [0, 0.1) is 5.92 Å². The Morgan fingerprint density at radius 1 is 1.62 bits per heavy atom. The number of hydrogen-bond acceptors (Lipinski definition) is 3. The number of benzene rings is 1. The number of methoxy groups -OCH3 is 1. The zero-order valence-electron chi connectivity index (χ0n) is 9.53. The van der Waals surface area contributed by atoms with Crippen molar-refractivity contribution in [3.05, 3.63) is 23.8 Å². The van der Waals surface area contributed by atoms with Crippen molar-refractivity contribution in [1.82, 2.24) is 0 Å². The minimum Gasteiger partial charge on any atom is -0.493 e. The summed E-state index contributed by atoms with van der Waals surface area (Å²) >= 11 is 0. The molecule has 0 aromatic heterocycles. The summed E-state index contributed by atoms with van der Waals surface area (Å²) in [6.45, 7) is 1.97. The first-order valence-electron chi connectivity index (χ1n) is 5.50. The van der Waals surface area contributed by atoms with Gasteiger partial charge in [-0.05, 0) is 12.5 Å². The highest BCUT2D eigenvalue weighted by molar-refractivity contribution is 5.57. The van der Waals surface area contributed by atoms with Gasteiger partial charge < -0.3 is 9.47 Å². The average Bonchev–Trinajstić information content (AvgIpc) is 2.73. The smallest absolute Gasteiger partial charge is 0.205 e. The second-order valence-corrected chi connectivity index (χ2v) is 3.94. The van der Waals surface area contributed by atoms with Gasteiger partial charge in [0.15, 0.2) is 11.5 Å². The van der Waals surface area contributed by atoms with Crippen LogP contribution in [0.4, 0.5) is 0 Å². The lowest BCUT2D eigenvalue weighted by atomic mass is 9.97. The highest BCUT2D eigenvalue weighted by Gasteiger charge is 2.31. The molecule has 3 nitrogen and oxygen atoms in total. The van der Waals surface area contributed by atoms with Gasteiger partial charge in [0.25, 0.3) is 0 Å². The molecular formula is C13H15O3. The second-order valence-electron chi connectivity index (χ2n) is 3.94. The molecule has 3 heteroatoms. The Balaban J connectivity index is 2.23. The molecule has 1 aromatic carbocycles. The molecule has 2 rings (SSSR count). The Labute approximate surface area is 95.4 Å². The molecule has 0 saturated heterocycles. The summed E-state index contributed by atoms with van der Waals surface area (Å²) in [6.07, 6.45) is 3.48. The molecule has 1 aliphatic heterocycles. The van der Waals surface area contributed by atoms with E-state index in [0.717, 1.165) is 29.9 Å². The van der Waals surface area contributed by atoms with Crippen molar-refractivity contribution in [2.24, 2.45) is 5.92 Å². The maximum Gasteiger partial charge on any atom is 0.205 e. The van der Waals surface area contributed by atoms with Crippen LogP contribution in [0.1, 0.15) is 18.9 Å². The Hall–Kier alpha value is -1.51. The topological polar surface area (TPSA) is 35.5 Å². The van der Waals surface area contributed by atoms with Crippen LogP contribution in [0.3, 0.4) is 0 Å². The highest BCUT2D eigenvalue weighted by atomic mass is 16.5. The number of ether oxygens (including phenoxy) is 2. The molecule has 1 aliphatic rings. The Morgan fingerprint density at radius 3 is 3.06 bits per heavy atom. The lowest BCUT2D eigenvalue weighted by molar-refractivity contribution is 0.182. The van der Waals surface area contributed by atoms with Gasteiger partial charge in [-0.25, -0.2) is 0 Å². The largest absolute Gasteiger partial charge is 0.493 e. The lowest BCUT2D eigenvalue weighted by Crippen LogP contribution is -2.25. The van der Waals surface area contributed by atoms with Crippen molar-refractivity contribution >= 4 is 6.29 Å². The molecule has 1 heterocycles. The molecule has 16 heavy (non-hydrogen) atoms. The predicted molar refractivity (Wildman–Crippen MR) is 60.6 cm³/mol. The van der Waals surface area contributed by atoms with Crippen LogP contribution in [-0.4, -0.2) is 19.5 Å². The predicted octanol–water partition coefficient (Wildman–Crippen LogP) is 2.13. The summed E-state index contributed by atoms with van der Waals surface area (Å²) in [4.78, 5) is 10.8. The maximum atomic E-state index is 10.8. The van der Waals surface area contributed by atoms with Gasteiger partial charge in [0.05, 0.1) is 13.0 Å². The molecule has 2 atom stereocenters. The van der Waals surface area contributed by atoms with Crippen LogP contribution in [0.15, 0.2) is 18.2 Å². The van der Waals surface area contributed by atoms with Gasteiger partial charge in [-0.2, -0.15) is 0 Å². The van der Waals surface area contributed by atoms with Crippen LogP contribution in [0.2, 0.25) is 0 Å². The molecule has 2 unspecified atom stereocenters. The molecule has 0 N–H and O–H groups in total. The molecule has 1 aromatic rings. The Morgan fingerprint density at radius 2 is 2.44 bits per heavy atom. The highest BCUT2D eigenvalue weighted by Crippen LogP contribution is 2.39. The number of hydrogen-bond donors (Lipinski definition) is 0. The van der Waals surface area contributed by atoms with Crippen LogP contribution in [-0.2, 0) is 11.2 Å². The van der Waals surface area contributed by atoms with Gasteiger partial charge in [0.1, 0.15) is 6.10 Å². The molecule has 0 amide bonds. The third kappa shape index (κ3) is 1.77. The van der Waals surface area contributed by atoms with Crippen LogP contribution in [0.5, 0.6) is 11.5 Å². The van der Waals surface area contributed by atoms with Crippen LogP contribution < -0.4 is 9.47 Å². The quantitative estimate of drug-likeness (QED) is 0.778. The molecule has 0 spiro atoms. The van der Waals surface area contributed by atoms with Gasteiger partial charge in [0, 0.05) is 12.0 Å². The first-order chi connectivity index (χ1) is 7.80. The fourth-order valence-corrected chi connectivity index (χ4v) is 2.07. The van der Waals surface area contributed by atoms with Crippen LogP contribution >= 0.6 is 0 Å². The number of rotatable bonds is 4. The summed E-state index contributed by atoms with van der Waals surface area (Å²) in [6, 6.07) is 5.82. The van der Waals surface area contributed by atoms with E-state index in [9.17, 15) is 4.79 Å². The summed E-state index contributed by atoms with van der Waals surface area (Å²) in [5.41, 5.74) is 1.11. The Bertz CT molecular complexity index is 387. The van der Waals surface area contributed by atoms with Gasteiger partial charge in [-0.1, -0.05) is 19.1 Å². The minimum absolute atomic E-state index is 0.0891. The fraction of sp³-hybridized carbons (Fsp3) is 0.462. The van der Waals surface area contributed by atoms with Crippen molar-refractivity contribution < 1.29 is 14.3 Å². The van der Waals surface area contributed by atoms with E-state index in [2.05, 4.69) is 6.29 Å². The van der Waals surface area contributed by atoms with Crippen molar-refractivity contribution in [2.45, 2.75) is 25.9 Å². The SMILES string of the molecule is CCC([C]=O)C1Cc2cccc(OC)c2O1. The zero-order valence-corrected chi connectivity index (χ0v) is 9.53. The maximum absolute atomic E-state index is 10.8.